The van der Waals surface area contributed by atoms with E-state index in [1.807, 2.05) is 13.8 Å². The van der Waals surface area contributed by atoms with Gasteiger partial charge in [-0.25, -0.2) is 4.79 Å². The third-order valence-corrected chi connectivity index (χ3v) is 3.89. The number of non-ortho nitro benzene ring substituents is 1. The van der Waals surface area contributed by atoms with E-state index in [2.05, 4.69) is 4.72 Å². The smallest absolute Gasteiger partial charge is 0.410 e. The number of ether oxygens (including phenoxy) is 1. The summed E-state index contributed by atoms with van der Waals surface area (Å²) in [5.74, 6) is 0. The van der Waals surface area contributed by atoms with Crippen LogP contribution in [0.5, 0.6) is 0 Å². The molecule has 0 aromatic heterocycles. The van der Waals surface area contributed by atoms with Crippen molar-refractivity contribution in [2.24, 2.45) is 0 Å². The zero-order valence-electron chi connectivity index (χ0n) is 11.8. The Labute approximate surface area is 126 Å². The molecule has 0 radical (unpaired) electrons. The van der Waals surface area contributed by atoms with Crippen LogP contribution in [0.2, 0.25) is 0 Å². The summed E-state index contributed by atoms with van der Waals surface area (Å²) in [6.07, 6.45) is -0.456. The van der Waals surface area contributed by atoms with Crippen LogP contribution < -0.4 is 4.72 Å². The van der Waals surface area contributed by atoms with Gasteiger partial charge in [0.15, 0.2) is 0 Å². The number of nitro groups is 1. The van der Waals surface area contributed by atoms with E-state index in [1.165, 1.54) is 24.1 Å². The normalized spacial score (nSPS) is 18.1. The predicted octanol–water partition coefficient (Wildman–Crippen LogP) is 2.42. The number of benzene rings is 1. The largest absolute Gasteiger partial charge is 0.443 e. The predicted molar refractivity (Wildman–Crippen MR) is 79.1 cm³/mol. The van der Waals surface area contributed by atoms with E-state index in [4.69, 9.17) is 4.74 Å². The van der Waals surface area contributed by atoms with Gasteiger partial charge < -0.3 is 9.64 Å². The summed E-state index contributed by atoms with van der Waals surface area (Å²) in [7, 11) is 0. The highest BCUT2D eigenvalue weighted by Crippen LogP contribution is 2.20. The Morgan fingerprint density at radius 1 is 1.48 bits per heavy atom. The molecule has 1 aliphatic rings. The van der Waals surface area contributed by atoms with Gasteiger partial charge in [-0.05, 0) is 37.9 Å². The van der Waals surface area contributed by atoms with Gasteiger partial charge in [0.1, 0.15) is 6.10 Å². The first kappa shape index (κ1) is 15.6. The number of carbonyl (C=O) groups excluding carboxylic acids is 1. The molecule has 0 spiro atoms. The van der Waals surface area contributed by atoms with Gasteiger partial charge in [0.2, 0.25) is 0 Å². The van der Waals surface area contributed by atoms with Gasteiger partial charge in [0.05, 0.1) is 11.5 Å². The molecule has 1 amide bonds. The van der Waals surface area contributed by atoms with Gasteiger partial charge in [-0.1, -0.05) is 0 Å². The molecule has 114 valence electrons. The molecule has 1 atom stereocenters. The van der Waals surface area contributed by atoms with Crippen LogP contribution in [0.25, 0.3) is 0 Å². The molecule has 1 saturated heterocycles. The van der Waals surface area contributed by atoms with Crippen molar-refractivity contribution < 1.29 is 14.5 Å². The first-order chi connectivity index (χ1) is 9.97. The van der Waals surface area contributed by atoms with Gasteiger partial charge in [0.25, 0.3) is 5.69 Å². The second-order valence-electron chi connectivity index (χ2n) is 4.95. The van der Waals surface area contributed by atoms with Crippen LogP contribution in [0.15, 0.2) is 29.2 Å². The van der Waals surface area contributed by atoms with Crippen molar-refractivity contribution in [1.29, 1.82) is 0 Å². The van der Waals surface area contributed by atoms with E-state index in [0.29, 0.717) is 13.1 Å². The lowest BCUT2D eigenvalue weighted by molar-refractivity contribution is -0.384. The summed E-state index contributed by atoms with van der Waals surface area (Å²) >= 11 is 1.36. The van der Waals surface area contributed by atoms with Crippen molar-refractivity contribution in [3.8, 4) is 0 Å². The molecule has 1 N–H and O–H groups in total. The van der Waals surface area contributed by atoms with Gasteiger partial charge in [-0.3, -0.25) is 14.8 Å². The summed E-state index contributed by atoms with van der Waals surface area (Å²) < 4.78 is 8.36. The molecular formula is C13H17N3O4S. The van der Waals surface area contributed by atoms with Crippen LogP contribution in [0.3, 0.4) is 0 Å². The molecule has 0 aliphatic carbocycles. The number of hydrogen-bond acceptors (Lipinski definition) is 6. The highest BCUT2D eigenvalue weighted by molar-refractivity contribution is 7.97. The number of hydrogen-bond donors (Lipinski definition) is 1. The minimum Gasteiger partial charge on any atom is -0.443 e. The Hall–Kier alpha value is -1.80. The molecular weight excluding hydrogens is 294 g/mol. The molecule has 1 aromatic carbocycles. The average Bonchev–Trinajstić information content (AvgIpc) is 2.80. The SMILES string of the molecule is CC(C)N1C[C@H](CNSc2ccc([N+](=O)[O-])cc2)OC1=O. The number of nitrogens with one attached hydrogen (secondary N) is 1. The summed E-state index contributed by atoms with van der Waals surface area (Å²) in [6.45, 7) is 4.99. The van der Waals surface area contributed by atoms with Gasteiger partial charge >= 0.3 is 6.09 Å². The topological polar surface area (TPSA) is 84.7 Å². The van der Waals surface area contributed by atoms with Crippen molar-refractivity contribution in [1.82, 2.24) is 9.62 Å². The Morgan fingerprint density at radius 2 is 2.14 bits per heavy atom. The first-order valence-electron chi connectivity index (χ1n) is 6.59. The fourth-order valence-corrected chi connectivity index (χ4v) is 2.63. The zero-order valence-corrected chi connectivity index (χ0v) is 12.6. The Morgan fingerprint density at radius 3 is 2.67 bits per heavy atom. The van der Waals surface area contributed by atoms with E-state index >= 15 is 0 Å². The zero-order chi connectivity index (χ0) is 15.4. The van der Waals surface area contributed by atoms with Crippen LogP contribution in [0, 0.1) is 10.1 Å². The van der Waals surface area contributed by atoms with Crippen LogP contribution in [0.1, 0.15) is 13.8 Å². The quantitative estimate of drug-likeness (QED) is 0.493. The molecule has 0 unspecified atom stereocenters. The van der Waals surface area contributed by atoms with Crippen LogP contribution >= 0.6 is 11.9 Å². The standard InChI is InChI=1S/C13H17N3O4S/c1-9(2)15-8-11(20-13(15)17)7-14-21-12-5-3-10(4-6-12)16(18)19/h3-6,9,11,14H,7-8H2,1-2H3/t11-/m0/s1. The average molecular weight is 311 g/mol. The minimum absolute atomic E-state index is 0.0663. The first-order valence-corrected chi connectivity index (χ1v) is 7.40. The number of amides is 1. The Bertz CT molecular complexity index is 521. The van der Waals surface area contributed by atoms with Crippen molar-refractivity contribution in [3.63, 3.8) is 0 Å². The molecule has 1 aromatic rings. The number of nitro benzene ring substituents is 1. The lowest BCUT2D eigenvalue weighted by Gasteiger charge is -2.16. The summed E-state index contributed by atoms with van der Waals surface area (Å²) in [5, 5.41) is 10.5. The van der Waals surface area contributed by atoms with Crippen LogP contribution in [-0.4, -0.2) is 41.2 Å². The van der Waals surface area contributed by atoms with Gasteiger partial charge in [0, 0.05) is 29.6 Å². The number of carbonyl (C=O) groups is 1. The van der Waals surface area contributed by atoms with Crippen molar-refractivity contribution >= 4 is 23.7 Å². The Balaban J connectivity index is 1.77. The Kier molecular flexibility index (Phi) is 5.03. The van der Waals surface area contributed by atoms with E-state index < -0.39 is 4.92 Å². The molecule has 8 heteroatoms. The lowest BCUT2D eigenvalue weighted by Crippen LogP contribution is -2.33. The maximum absolute atomic E-state index is 11.6. The number of nitrogens with zero attached hydrogens (tertiary/aromatic N) is 2. The lowest BCUT2D eigenvalue weighted by atomic mass is 10.3. The fraction of sp³-hybridized carbons (Fsp3) is 0.462. The minimum atomic E-state index is -0.430. The second kappa shape index (κ2) is 6.77. The van der Waals surface area contributed by atoms with Crippen molar-refractivity contribution in [2.45, 2.75) is 30.9 Å². The monoisotopic (exact) mass is 311 g/mol. The van der Waals surface area contributed by atoms with Crippen molar-refractivity contribution in [2.75, 3.05) is 13.1 Å². The maximum atomic E-state index is 11.6. The summed E-state index contributed by atoms with van der Waals surface area (Å²) in [4.78, 5) is 24.2. The molecule has 1 heterocycles. The molecule has 1 aliphatic heterocycles. The highest BCUT2D eigenvalue weighted by Gasteiger charge is 2.32. The summed E-state index contributed by atoms with van der Waals surface area (Å²) in [6, 6.07) is 6.40. The third-order valence-electron chi connectivity index (χ3n) is 3.07. The second-order valence-corrected chi connectivity index (χ2v) is 5.92. The maximum Gasteiger partial charge on any atom is 0.410 e. The summed E-state index contributed by atoms with van der Waals surface area (Å²) in [5.41, 5.74) is 0.0663. The molecule has 0 saturated carbocycles. The van der Waals surface area contributed by atoms with E-state index in [1.54, 1.807) is 17.0 Å². The molecule has 7 nitrogen and oxygen atoms in total. The van der Waals surface area contributed by atoms with Crippen LogP contribution in [-0.2, 0) is 4.74 Å². The third kappa shape index (κ3) is 4.08. The van der Waals surface area contributed by atoms with E-state index in [-0.39, 0.29) is 23.9 Å². The van der Waals surface area contributed by atoms with Crippen molar-refractivity contribution in [3.05, 3.63) is 34.4 Å². The molecule has 0 bridgehead atoms. The van der Waals surface area contributed by atoms with Gasteiger partial charge in [-0.15, -0.1) is 0 Å². The van der Waals surface area contributed by atoms with Crippen LogP contribution in [0.4, 0.5) is 10.5 Å². The fourth-order valence-electron chi connectivity index (χ4n) is 1.92. The highest BCUT2D eigenvalue weighted by atomic mass is 32.2. The molecule has 21 heavy (non-hydrogen) atoms. The molecule has 2 rings (SSSR count). The number of rotatable bonds is 6. The number of cyclic esters (lactones) is 1. The van der Waals surface area contributed by atoms with E-state index in [9.17, 15) is 14.9 Å². The van der Waals surface area contributed by atoms with Gasteiger partial charge in [-0.2, -0.15) is 0 Å². The van der Waals surface area contributed by atoms with E-state index in [0.717, 1.165) is 4.90 Å². The molecule has 1 fully saturated rings.